The first-order valence-corrected chi connectivity index (χ1v) is 7.09. The maximum atomic E-state index is 4.52. The molecule has 0 saturated heterocycles. The molecular weight excluding hydrogens is 210 g/mol. The molecule has 0 amide bonds. The quantitative estimate of drug-likeness (QED) is 0.850. The Hall–Kier alpha value is -0.860. The summed E-state index contributed by atoms with van der Waals surface area (Å²) in [5.74, 6) is 5.11. The van der Waals surface area contributed by atoms with Gasteiger partial charge in [-0.25, -0.2) is 4.98 Å². The Bertz CT molecular complexity index is 399. The van der Waals surface area contributed by atoms with Gasteiger partial charge in [-0.3, -0.25) is 5.10 Å². The molecule has 0 unspecified atom stereocenters. The van der Waals surface area contributed by atoms with E-state index in [4.69, 9.17) is 0 Å². The summed E-state index contributed by atoms with van der Waals surface area (Å²) >= 11 is 0. The number of rotatable bonds is 2. The molecule has 5 rings (SSSR count). The number of aromatic nitrogens is 3. The number of hydrogen-bond acceptors (Lipinski definition) is 2. The van der Waals surface area contributed by atoms with Crippen LogP contribution >= 0.6 is 0 Å². The SMILES string of the molecule is Cc1nc(CC23CC4CC(CC(C4)C2)C3)n[nH]1. The minimum Gasteiger partial charge on any atom is -0.263 e. The number of aryl methyl sites for hydroxylation is 1. The van der Waals surface area contributed by atoms with Crippen molar-refractivity contribution in [2.24, 2.45) is 23.2 Å². The summed E-state index contributed by atoms with van der Waals surface area (Å²) < 4.78 is 0. The van der Waals surface area contributed by atoms with Gasteiger partial charge in [0.1, 0.15) is 5.82 Å². The third-order valence-corrected chi connectivity index (χ3v) is 5.34. The smallest absolute Gasteiger partial charge is 0.151 e. The topological polar surface area (TPSA) is 41.6 Å². The minimum absolute atomic E-state index is 0.573. The second-order valence-electron chi connectivity index (χ2n) is 6.93. The monoisotopic (exact) mass is 231 g/mol. The van der Waals surface area contributed by atoms with Gasteiger partial charge in [-0.15, -0.1) is 0 Å². The molecule has 4 fully saturated rings. The van der Waals surface area contributed by atoms with Crippen molar-refractivity contribution in [3.8, 4) is 0 Å². The predicted octanol–water partition coefficient (Wildman–Crippen LogP) is 2.87. The van der Waals surface area contributed by atoms with Gasteiger partial charge in [-0.05, 0) is 68.6 Å². The molecule has 1 aromatic heterocycles. The van der Waals surface area contributed by atoms with Crippen LogP contribution in [0.1, 0.15) is 50.2 Å². The third kappa shape index (κ3) is 1.62. The fraction of sp³-hybridized carbons (Fsp3) is 0.857. The van der Waals surface area contributed by atoms with Gasteiger partial charge in [0.25, 0.3) is 0 Å². The molecule has 17 heavy (non-hydrogen) atoms. The molecule has 0 spiro atoms. The zero-order valence-corrected chi connectivity index (χ0v) is 10.6. The lowest BCUT2D eigenvalue weighted by Crippen LogP contribution is -2.47. The zero-order valence-electron chi connectivity index (χ0n) is 10.6. The lowest BCUT2D eigenvalue weighted by Gasteiger charge is -2.56. The van der Waals surface area contributed by atoms with E-state index in [1.807, 2.05) is 6.92 Å². The van der Waals surface area contributed by atoms with E-state index in [0.29, 0.717) is 5.41 Å². The Morgan fingerprint density at radius 1 is 1.12 bits per heavy atom. The van der Waals surface area contributed by atoms with Gasteiger partial charge < -0.3 is 0 Å². The van der Waals surface area contributed by atoms with E-state index in [2.05, 4.69) is 15.2 Å². The largest absolute Gasteiger partial charge is 0.263 e. The summed E-state index contributed by atoms with van der Waals surface area (Å²) in [4.78, 5) is 4.52. The highest BCUT2D eigenvalue weighted by Crippen LogP contribution is 2.60. The zero-order chi connectivity index (χ0) is 11.5. The van der Waals surface area contributed by atoms with Gasteiger partial charge >= 0.3 is 0 Å². The molecule has 3 nitrogen and oxygen atoms in total. The number of H-pyrrole nitrogens is 1. The van der Waals surface area contributed by atoms with Crippen LogP contribution in [0.25, 0.3) is 0 Å². The standard InChI is InChI=1S/C14H21N3/c1-9-15-13(17-16-9)8-14-5-10-2-11(6-14)4-12(3-10)7-14/h10-12H,2-8H2,1H3,(H,15,16,17). The average Bonchev–Trinajstić information content (AvgIpc) is 2.60. The van der Waals surface area contributed by atoms with Crippen molar-refractivity contribution in [3.05, 3.63) is 11.6 Å². The Balaban J connectivity index is 1.60. The molecule has 1 N–H and O–H groups in total. The molecule has 1 heterocycles. The maximum Gasteiger partial charge on any atom is 0.151 e. The number of nitrogens with one attached hydrogen (secondary N) is 1. The normalized spacial score (nSPS) is 43.2. The molecule has 1 aromatic rings. The molecule has 4 saturated carbocycles. The van der Waals surface area contributed by atoms with Crippen molar-refractivity contribution in [1.29, 1.82) is 0 Å². The Morgan fingerprint density at radius 2 is 1.71 bits per heavy atom. The molecule has 92 valence electrons. The van der Waals surface area contributed by atoms with Crippen LogP contribution in [0.4, 0.5) is 0 Å². The second-order valence-corrected chi connectivity index (χ2v) is 6.93. The molecule has 4 aliphatic rings. The number of aromatic amines is 1. The molecule has 0 radical (unpaired) electrons. The fourth-order valence-corrected chi connectivity index (χ4v) is 5.31. The van der Waals surface area contributed by atoms with E-state index in [9.17, 15) is 0 Å². The maximum absolute atomic E-state index is 4.52. The first-order valence-electron chi connectivity index (χ1n) is 7.09. The van der Waals surface area contributed by atoms with Gasteiger partial charge in [0.05, 0.1) is 0 Å². The lowest BCUT2D eigenvalue weighted by molar-refractivity contribution is -0.0531. The Kier molecular flexibility index (Phi) is 1.98. The molecule has 0 aromatic carbocycles. The Morgan fingerprint density at radius 3 is 2.18 bits per heavy atom. The summed E-state index contributed by atoms with van der Waals surface area (Å²) in [6.45, 7) is 2.00. The minimum atomic E-state index is 0.573. The van der Waals surface area contributed by atoms with Gasteiger partial charge in [0.15, 0.2) is 5.82 Å². The first kappa shape index (κ1) is 10.1. The molecule has 0 aliphatic heterocycles. The van der Waals surface area contributed by atoms with Gasteiger partial charge in [-0.2, -0.15) is 5.10 Å². The van der Waals surface area contributed by atoms with E-state index in [1.165, 1.54) is 38.5 Å². The van der Waals surface area contributed by atoms with Crippen LogP contribution < -0.4 is 0 Å². The first-order chi connectivity index (χ1) is 8.21. The van der Waals surface area contributed by atoms with E-state index in [1.54, 1.807) is 0 Å². The molecule has 0 atom stereocenters. The molecule has 4 bridgehead atoms. The van der Waals surface area contributed by atoms with Crippen molar-refractivity contribution in [1.82, 2.24) is 15.2 Å². The molecule has 4 aliphatic carbocycles. The highest BCUT2D eigenvalue weighted by Gasteiger charge is 2.51. The summed E-state index contributed by atoms with van der Waals surface area (Å²) in [7, 11) is 0. The lowest BCUT2D eigenvalue weighted by atomic mass is 9.49. The van der Waals surface area contributed by atoms with Crippen LogP contribution in [0.5, 0.6) is 0 Å². The second kappa shape index (κ2) is 3.33. The third-order valence-electron chi connectivity index (χ3n) is 5.34. The van der Waals surface area contributed by atoms with E-state index < -0.39 is 0 Å². The summed E-state index contributed by atoms with van der Waals surface area (Å²) in [6, 6.07) is 0. The summed E-state index contributed by atoms with van der Waals surface area (Å²) in [6.07, 6.45) is 10.0. The van der Waals surface area contributed by atoms with E-state index in [-0.39, 0.29) is 0 Å². The molecule has 3 heteroatoms. The van der Waals surface area contributed by atoms with Crippen molar-refractivity contribution in [2.75, 3.05) is 0 Å². The van der Waals surface area contributed by atoms with Gasteiger partial charge in [0.2, 0.25) is 0 Å². The highest BCUT2D eigenvalue weighted by molar-refractivity contribution is 5.05. The molecular formula is C14H21N3. The summed E-state index contributed by atoms with van der Waals surface area (Å²) in [5, 5.41) is 7.35. The van der Waals surface area contributed by atoms with E-state index in [0.717, 1.165) is 35.8 Å². The summed E-state index contributed by atoms with van der Waals surface area (Å²) in [5.41, 5.74) is 0.573. The van der Waals surface area contributed by atoms with Crippen LogP contribution in [0.15, 0.2) is 0 Å². The van der Waals surface area contributed by atoms with Crippen molar-refractivity contribution >= 4 is 0 Å². The van der Waals surface area contributed by atoms with Crippen molar-refractivity contribution in [3.63, 3.8) is 0 Å². The number of nitrogens with zero attached hydrogens (tertiary/aromatic N) is 2. The van der Waals surface area contributed by atoms with Crippen LogP contribution in [0.2, 0.25) is 0 Å². The van der Waals surface area contributed by atoms with Crippen LogP contribution in [-0.2, 0) is 6.42 Å². The van der Waals surface area contributed by atoms with Crippen molar-refractivity contribution in [2.45, 2.75) is 51.9 Å². The van der Waals surface area contributed by atoms with Gasteiger partial charge in [-0.1, -0.05) is 0 Å². The highest BCUT2D eigenvalue weighted by atomic mass is 15.2. The predicted molar refractivity (Wildman–Crippen MR) is 65.4 cm³/mol. The average molecular weight is 231 g/mol. The van der Waals surface area contributed by atoms with Crippen LogP contribution in [-0.4, -0.2) is 15.2 Å². The Labute approximate surface area is 102 Å². The fourth-order valence-electron chi connectivity index (χ4n) is 5.31. The van der Waals surface area contributed by atoms with Gasteiger partial charge in [0, 0.05) is 6.42 Å². The van der Waals surface area contributed by atoms with Crippen LogP contribution in [0.3, 0.4) is 0 Å². The van der Waals surface area contributed by atoms with Crippen LogP contribution in [0, 0.1) is 30.1 Å². The van der Waals surface area contributed by atoms with Crippen molar-refractivity contribution < 1.29 is 0 Å². The number of hydrogen-bond donors (Lipinski definition) is 1. The van der Waals surface area contributed by atoms with E-state index >= 15 is 0 Å².